The number of Topliss-reactive ketones (excluding diaryl/α,β-unsaturated/α-hetero) is 1. The summed E-state index contributed by atoms with van der Waals surface area (Å²) in [5.41, 5.74) is -0.465. The number of ketones is 1. The molecule has 0 aliphatic heterocycles. The summed E-state index contributed by atoms with van der Waals surface area (Å²) in [6.07, 6.45) is 1.56. The minimum absolute atomic E-state index is 0.0952. The van der Waals surface area contributed by atoms with E-state index in [9.17, 15) is 18.3 Å². The number of rotatable bonds is 5. The SMILES string of the molecule is CC(=O)[C@@H]1C[C@]2(O)[C@@H](C(C)C)CC[C@]2(C)C[C@@H]1OS(=O)(=O)c1ccc(C)cc1. The molecule has 0 unspecified atom stereocenters. The molecule has 5 atom stereocenters. The summed E-state index contributed by atoms with van der Waals surface area (Å²) < 4.78 is 31.3. The fourth-order valence-corrected chi connectivity index (χ4v) is 6.53. The van der Waals surface area contributed by atoms with Crippen molar-refractivity contribution in [3.05, 3.63) is 29.8 Å². The molecular weight excluding hydrogens is 376 g/mol. The zero-order valence-corrected chi connectivity index (χ0v) is 18.3. The van der Waals surface area contributed by atoms with E-state index in [1.54, 1.807) is 12.1 Å². The van der Waals surface area contributed by atoms with Crippen molar-refractivity contribution in [3.63, 3.8) is 0 Å². The molecule has 28 heavy (non-hydrogen) atoms. The summed E-state index contributed by atoms with van der Waals surface area (Å²) in [5.74, 6) is -0.353. The van der Waals surface area contributed by atoms with Crippen molar-refractivity contribution in [1.29, 1.82) is 0 Å². The molecule has 2 aliphatic rings. The highest BCUT2D eigenvalue weighted by Crippen LogP contribution is 2.61. The molecule has 0 radical (unpaired) electrons. The van der Waals surface area contributed by atoms with Crippen LogP contribution in [0, 0.1) is 30.1 Å². The second-order valence-corrected chi connectivity index (χ2v) is 11.0. The molecule has 1 aromatic carbocycles. The zero-order chi connectivity index (χ0) is 20.9. The van der Waals surface area contributed by atoms with Gasteiger partial charge in [-0.15, -0.1) is 0 Å². The number of aliphatic hydroxyl groups is 1. The standard InChI is InChI=1S/C22H32O5S/c1-14(2)19-10-11-21(5)13-20(18(16(4)23)12-22(19,21)24)27-28(25,26)17-8-6-15(3)7-9-17/h6-9,14,18-20,24H,10-13H2,1-5H3/t18-,19+,20-,21+,22-/m0/s1. The van der Waals surface area contributed by atoms with Crippen LogP contribution in [0.5, 0.6) is 0 Å². The van der Waals surface area contributed by atoms with Gasteiger partial charge in [0.05, 0.1) is 16.6 Å². The van der Waals surface area contributed by atoms with Crippen molar-refractivity contribution in [2.24, 2.45) is 23.2 Å². The molecule has 3 rings (SSSR count). The Morgan fingerprint density at radius 3 is 2.36 bits per heavy atom. The first-order chi connectivity index (χ1) is 12.9. The van der Waals surface area contributed by atoms with Gasteiger partial charge in [-0.25, -0.2) is 0 Å². The van der Waals surface area contributed by atoms with Gasteiger partial charge in [-0.3, -0.25) is 8.98 Å². The highest BCUT2D eigenvalue weighted by atomic mass is 32.2. The normalized spacial score (nSPS) is 35.8. The third-order valence-corrected chi connectivity index (χ3v) is 8.53. The molecule has 0 spiro atoms. The Morgan fingerprint density at radius 2 is 1.82 bits per heavy atom. The molecular formula is C22H32O5S. The third-order valence-electron chi connectivity index (χ3n) is 7.18. The van der Waals surface area contributed by atoms with Gasteiger partial charge in [0.2, 0.25) is 0 Å². The summed E-state index contributed by atoms with van der Waals surface area (Å²) in [6.45, 7) is 9.56. The number of carbonyl (C=O) groups is 1. The van der Waals surface area contributed by atoms with Crippen molar-refractivity contribution >= 4 is 15.9 Å². The number of aryl methyl sites for hydroxylation is 1. The Balaban J connectivity index is 1.92. The van der Waals surface area contributed by atoms with Gasteiger partial charge in [-0.1, -0.05) is 38.5 Å². The van der Waals surface area contributed by atoms with Crippen LogP contribution >= 0.6 is 0 Å². The average Bonchev–Trinajstić information content (AvgIpc) is 2.85. The van der Waals surface area contributed by atoms with Crippen LogP contribution in [0.4, 0.5) is 0 Å². The lowest BCUT2D eigenvalue weighted by Crippen LogP contribution is -2.57. The van der Waals surface area contributed by atoms with Gasteiger partial charge in [-0.05, 0) is 68.9 Å². The number of fused-ring (bicyclic) bond motifs is 1. The van der Waals surface area contributed by atoms with Gasteiger partial charge >= 0.3 is 0 Å². The smallest absolute Gasteiger partial charge is 0.297 e. The largest absolute Gasteiger partial charge is 0.389 e. The first kappa shape index (κ1) is 21.5. The number of carbonyl (C=O) groups excluding carboxylic acids is 1. The molecule has 2 saturated carbocycles. The van der Waals surface area contributed by atoms with E-state index in [0.717, 1.165) is 18.4 Å². The molecule has 5 nitrogen and oxygen atoms in total. The Morgan fingerprint density at radius 1 is 1.21 bits per heavy atom. The third kappa shape index (κ3) is 3.55. The van der Waals surface area contributed by atoms with Crippen molar-refractivity contribution in [2.45, 2.75) is 76.9 Å². The Labute approximate surface area is 168 Å². The topological polar surface area (TPSA) is 80.7 Å². The lowest BCUT2D eigenvalue weighted by molar-refractivity contribution is -0.166. The maximum absolute atomic E-state index is 12.8. The molecule has 1 N–H and O–H groups in total. The van der Waals surface area contributed by atoms with E-state index in [2.05, 4.69) is 13.8 Å². The fraction of sp³-hybridized carbons (Fsp3) is 0.682. The Hall–Kier alpha value is -1.24. The molecule has 2 aliphatic carbocycles. The van der Waals surface area contributed by atoms with Gasteiger partial charge in [0.25, 0.3) is 10.1 Å². The van der Waals surface area contributed by atoms with Gasteiger partial charge < -0.3 is 5.11 Å². The molecule has 0 heterocycles. The second kappa shape index (κ2) is 7.22. The summed E-state index contributed by atoms with van der Waals surface area (Å²) in [5, 5.41) is 11.6. The Kier molecular flexibility index (Phi) is 5.54. The monoisotopic (exact) mass is 408 g/mol. The van der Waals surface area contributed by atoms with Crippen LogP contribution < -0.4 is 0 Å². The van der Waals surface area contributed by atoms with Crippen molar-refractivity contribution in [1.82, 2.24) is 0 Å². The first-order valence-electron chi connectivity index (χ1n) is 10.1. The van der Waals surface area contributed by atoms with Gasteiger partial charge in [0.1, 0.15) is 5.78 Å². The fourth-order valence-electron chi connectivity index (χ4n) is 5.42. The van der Waals surface area contributed by atoms with E-state index >= 15 is 0 Å². The lowest BCUT2D eigenvalue weighted by Gasteiger charge is -2.52. The van der Waals surface area contributed by atoms with E-state index in [1.165, 1.54) is 19.1 Å². The van der Waals surface area contributed by atoms with E-state index in [0.29, 0.717) is 12.3 Å². The maximum atomic E-state index is 12.8. The molecule has 0 bridgehead atoms. The quantitative estimate of drug-likeness (QED) is 0.748. The average molecular weight is 409 g/mol. The predicted molar refractivity (Wildman–Crippen MR) is 107 cm³/mol. The molecule has 0 amide bonds. The van der Waals surface area contributed by atoms with Crippen LogP contribution in [-0.2, 0) is 19.1 Å². The number of hydrogen-bond donors (Lipinski definition) is 1. The van der Waals surface area contributed by atoms with E-state index < -0.39 is 33.2 Å². The lowest BCUT2D eigenvalue weighted by atomic mass is 9.58. The van der Waals surface area contributed by atoms with Crippen LogP contribution in [0.15, 0.2) is 29.2 Å². The summed E-state index contributed by atoms with van der Waals surface area (Å²) in [7, 11) is -3.98. The van der Waals surface area contributed by atoms with Crippen molar-refractivity contribution in [2.75, 3.05) is 0 Å². The summed E-state index contributed by atoms with van der Waals surface area (Å²) in [4.78, 5) is 12.5. The van der Waals surface area contributed by atoms with Gasteiger partial charge in [0, 0.05) is 5.92 Å². The minimum Gasteiger partial charge on any atom is -0.389 e. The first-order valence-corrected chi connectivity index (χ1v) is 11.5. The van der Waals surface area contributed by atoms with E-state index in [1.807, 2.05) is 13.8 Å². The molecule has 2 fully saturated rings. The number of benzene rings is 1. The van der Waals surface area contributed by atoms with E-state index in [4.69, 9.17) is 4.18 Å². The molecule has 0 saturated heterocycles. The molecule has 6 heteroatoms. The van der Waals surface area contributed by atoms with Crippen molar-refractivity contribution in [3.8, 4) is 0 Å². The highest BCUT2D eigenvalue weighted by Gasteiger charge is 2.63. The highest BCUT2D eigenvalue weighted by molar-refractivity contribution is 7.86. The van der Waals surface area contributed by atoms with Crippen LogP contribution in [0.2, 0.25) is 0 Å². The molecule has 156 valence electrons. The van der Waals surface area contributed by atoms with Crippen LogP contribution in [-0.4, -0.2) is 31.0 Å². The van der Waals surface area contributed by atoms with Crippen LogP contribution in [0.1, 0.15) is 58.9 Å². The van der Waals surface area contributed by atoms with Crippen LogP contribution in [0.3, 0.4) is 0 Å². The predicted octanol–water partition coefficient (Wildman–Crippen LogP) is 3.87. The summed E-state index contributed by atoms with van der Waals surface area (Å²) in [6, 6.07) is 6.50. The Bertz CT molecular complexity index is 844. The number of hydrogen-bond acceptors (Lipinski definition) is 5. The summed E-state index contributed by atoms with van der Waals surface area (Å²) >= 11 is 0. The van der Waals surface area contributed by atoms with Gasteiger partial charge in [0.15, 0.2) is 0 Å². The minimum atomic E-state index is -3.98. The van der Waals surface area contributed by atoms with Crippen molar-refractivity contribution < 1.29 is 22.5 Å². The van der Waals surface area contributed by atoms with Crippen LogP contribution in [0.25, 0.3) is 0 Å². The molecule has 0 aromatic heterocycles. The van der Waals surface area contributed by atoms with Gasteiger partial charge in [-0.2, -0.15) is 8.42 Å². The van der Waals surface area contributed by atoms with E-state index in [-0.39, 0.29) is 23.0 Å². The molecule has 1 aromatic rings. The zero-order valence-electron chi connectivity index (χ0n) is 17.4. The second-order valence-electron chi connectivity index (χ2n) is 9.40. The maximum Gasteiger partial charge on any atom is 0.297 e.